The first-order valence-corrected chi connectivity index (χ1v) is 26.3. The molecule has 4 amide bonds. The van der Waals surface area contributed by atoms with E-state index in [0.717, 1.165) is 55.8 Å². The van der Waals surface area contributed by atoms with Gasteiger partial charge < -0.3 is 48.9 Å². The van der Waals surface area contributed by atoms with Crippen molar-refractivity contribution >= 4 is 48.0 Å². The van der Waals surface area contributed by atoms with Gasteiger partial charge in [-0.2, -0.15) is 5.06 Å². The molecule has 20 heteroatoms. The first kappa shape index (κ1) is 60.8. The van der Waals surface area contributed by atoms with E-state index in [1.54, 1.807) is 19.9 Å². The van der Waals surface area contributed by atoms with Gasteiger partial charge in [-0.15, -0.1) is 0 Å². The predicted octanol–water partition coefficient (Wildman–Crippen LogP) is 6.99. The van der Waals surface area contributed by atoms with Crippen molar-refractivity contribution in [2.45, 2.75) is 137 Å². The van der Waals surface area contributed by atoms with Gasteiger partial charge in [0.1, 0.15) is 17.6 Å². The molecule has 412 valence electrons. The molecule has 3 atom stereocenters. The number of carbonyl (C=O) groups excluding carboxylic acids is 8. The van der Waals surface area contributed by atoms with E-state index in [1.165, 1.54) is 30.3 Å². The van der Waals surface area contributed by atoms with Gasteiger partial charge in [0.05, 0.1) is 69.2 Å². The van der Waals surface area contributed by atoms with Crippen LogP contribution in [0.2, 0.25) is 0 Å². The molecule has 4 rings (SSSR count). The average Bonchev–Trinajstić information content (AvgIpc) is 3.91. The molecule has 0 unspecified atom stereocenters. The topological polar surface area (TPSA) is 248 Å². The number of nitrogens with zero attached hydrogens (tertiary/aromatic N) is 2. The van der Waals surface area contributed by atoms with Crippen LogP contribution in [0.4, 0.5) is 0 Å². The first-order chi connectivity index (χ1) is 36.3. The molecule has 3 aromatic rings. The number of unbranched alkanes of at least 4 members (excludes halogenated alkanes) is 5. The van der Waals surface area contributed by atoms with E-state index in [4.69, 9.17) is 32.9 Å². The van der Waals surface area contributed by atoms with Crippen LogP contribution in [0.1, 0.15) is 154 Å². The fourth-order valence-electron chi connectivity index (χ4n) is 8.08. The number of ether oxygens (including phenoxy) is 5. The highest BCUT2D eigenvalue weighted by atomic mass is 16.7. The molecule has 1 aliphatic rings. The summed E-state index contributed by atoms with van der Waals surface area (Å²) >= 11 is 0. The third-order valence-corrected chi connectivity index (χ3v) is 12.4. The van der Waals surface area contributed by atoms with Gasteiger partial charge in [-0.1, -0.05) is 91.3 Å². The second kappa shape index (κ2) is 33.2. The predicted molar refractivity (Wildman–Crippen MR) is 276 cm³/mol. The number of furan rings is 1. The fraction of sp³-hybridized carbons (Fsp3) is 0.564. The largest absolute Gasteiger partial charge is 0.481 e. The molecule has 1 saturated heterocycles. The van der Waals surface area contributed by atoms with Gasteiger partial charge in [0, 0.05) is 25.2 Å². The van der Waals surface area contributed by atoms with Gasteiger partial charge in [-0.05, 0) is 80.5 Å². The lowest BCUT2D eigenvalue weighted by atomic mass is 9.90. The lowest BCUT2D eigenvalue weighted by Gasteiger charge is -2.32. The number of rotatable bonds is 34. The summed E-state index contributed by atoms with van der Waals surface area (Å²) in [5.41, 5.74) is 2.23. The molecule has 1 aliphatic heterocycles. The Balaban J connectivity index is 1.46. The van der Waals surface area contributed by atoms with Crippen molar-refractivity contribution in [3.63, 3.8) is 0 Å². The van der Waals surface area contributed by atoms with Gasteiger partial charge in [0.2, 0.25) is 12.3 Å². The average molecular weight is 1050 g/mol. The maximum atomic E-state index is 13.9. The molecular weight excluding hydrogens is 971 g/mol. The van der Waals surface area contributed by atoms with Gasteiger partial charge in [-0.25, -0.2) is 14.4 Å². The zero-order chi connectivity index (χ0) is 54.5. The Hall–Kier alpha value is -6.80. The number of hydrogen-bond acceptors (Lipinski definition) is 16. The van der Waals surface area contributed by atoms with E-state index in [1.807, 2.05) is 39.8 Å². The molecule has 1 fully saturated rings. The Morgan fingerprint density at radius 2 is 1.41 bits per heavy atom. The van der Waals surface area contributed by atoms with Gasteiger partial charge >= 0.3 is 23.9 Å². The molecular formula is C55H77N5O15. The van der Waals surface area contributed by atoms with Crippen LogP contribution in [0, 0.1) is 12.8 Å². The number of morpholine rings is 1. The standard InChI is InChI=1S/C55H77N5O15/c1-7-12-16-17-42(45(11-5)60(37-61)75-54(67)41-20-18-39(31-38(41)6)34-59-24-29-69-30-25-59)51(64)56-36-57-53(66)47-23-22-46(74-47)40-19-21-43(48(32-40)73-35-50(63)71-27-14-9-3)52(65)58-44(55(68)72-28-15-10-4)33-49(62)70-26-13-8-2/h18-23,31-32,37,42,44-45H,7-17,24-30,33-36H2,1-6H3,(H,56,64)(H,57,66)(H,58,65)/t42-,44+,45-/m1/s1. The quantitative estimate of drug-likeness (QED) is 0.0136. The van der Waals surface area contributed by atoms with Gasteiger partial charge in [0.25, 0.3) is 11.8 Å². The molecule has 0 aliphatic carbocycles. The van der Waals surface area contributed by atoms with E-state index in [2.05, 4.69) is 20.9 Å². The number of hydrogen-bond donors (Lipinski definition) is 3. The van der Waals surface area contributed by atoms with Crippen molar-refractivity contribution in [2.75, 3.05) is 59.4 Å². The molecule has 1 aromatic heterocycles. The lowest BCUT2D eigenvalue weighted by Crippen LogP contribution is -2.49. The highest BCUT2D eigenvalue weighted by Gasteiger charge is 2.34. The number of aryl methyl sites for hydroxylation is 1. The van der Waals surface area contributed by atoms with Crippen LogP contribution >= 0.6 is 0 Å². The molecule has 0 spiro atoms. The smallest absolute Gasteiger partial charge is 0.363 e. The SMILES string of the molecule is CCCCC[C@@H](C(=O)NCNC(=O)c1ccc(-c2ccc(C(=O)N[C@@H](CC(=O)OCCCC)C(=O)OCCCC)c(OCC(=O)OCCCC)c2)o1)[C@@H](CC)N(C=O)OC(=O)c1ccc(CN2CCOCC2)cc1C. The molecule has 20 nitrogen and oxygen atoms in total. The van der Waals surface area contributed by atoms with E-state index >= 15 is 0 Å². The Bertz CT molecular complexity index is 2330. The Morgan fingerprint density at radius 1 is 0.747 bits per heavy atom. The van der Waals surface area contributed by atoms with Gasteiger partial charge in [0.15, 0.2) is 12.4 Å². The van der Waals surface area contributed by atoms with Crippen LogP contribution in [-0.2, 0) is 54.3 Å². The van der Waals surface area contributed by atoms with E-state index < -0.39 is 72.6 Å². The minimum atomic E-state index is -1.40. The monoisotopic (exact) mass is 1050 g/mol. The second-order valence-electron chi connectivity index (χ2n) is 18.2. The molecule has 2 heterocycles. The molecule has 3 N–H and O–H groups in total. The maximum Gasteiger partial charge on any atom is 0.363 e. The van der Waals surface area contributed by atoms with E-state index in [0.29, 0.717) is 69.4 Å². The zero-order valence-electron chi connectivity index (χ0n) is 44.5. The highest BCUT2D eigenvalue weighted by molar-refractivity contribution is 6.00. The van der Waals surface area contributed by atoms with Crippen LogP contribution in [0.3, 0.4) is 0 Å². The number of nitrogens with one attached hydrogen (secondary N) is 3. The highest BCUT2D eigenvalue weighted by Crippen LogP contribution is 2.30. The summed E-state index contributed by atoms with van der Waals surface area (Å²) < 4.78 is 33.0. The molecule has 0 radical (unpaired) electrons. The van der Waals surface area contributed by atoms with Crippen LogP contribution in [0.15, 0.2) is 52.9 Å². The number of esters is 3. The van der Waals surface area contributed by atoms with Crippen molar-refractivity contribution in [2.24, 2.45) is 5.92 Å². The fourth-order valence-corrected chi connectivity index (χ4v) is 8.08. The van der Waals surface area contributed by atoms with E-state index in [-0.39, 0.29) is 61.3 Å². The molecule has 0 bridgehead atoms. The Morgan fingerprint density at radius 3 is 2.07 bits per heavy atom. The third kappa shape index (κ3) is 20.1. The second-order valence-corrected chi connectivity index (χ2v) is 18.2. The minimum Gasteiger partial charge on any atom is -0.481 e. The van der Waals surface area contributed by atoms with Crippen LogP contribution in [0.5, 0.6) is 5.75 Å². The molecule has 75 heavy (non-hydrogen) atoms. The van der Waals surface area contributed by atoms with E-state index in [9.17, 15) is 38.4 Å². The van der Waals surface area contributed by atoms with Crippen molar-refractivity contribution in [3.05, 3.63) is 76.5 Å². The van der Waals surface area contributed by atoms with Crippen LogP contribution < -0.4 is 20.7 Å². The Kier molecular flexibility index (Phi) is 26.9. The molecule has 2 aromatic carbocycles. The Labute approximate surface area is 440 Å². The van der Waals surface area contributed by atoms with Crippen LogP contribution in [0.25, 0.3) is 11.3 Å². The summed E-state index contributed by atoms with van der Waals surface area (Å²) in [4.78, 5) is 114. The zero-order valence-corrected chi connectivity index (χ0v) is 44.5. The molecule has 0 saturated carbocycles. The summed E-state index contributed by atoms with van der Waals surface area (Å²) in [6.07, 6.45) is 7.07. The van der Waals surface area contributed by atoms with Crippen molar-refractivity contribution in [1.29, 1.82) is 0 Å². The maximum absolute atomic E-state index is 13.9. The van der Waals surface area contributed by atoms with Crippen molar-refractivity contribution in [1.82, 2.24) is 25.9 Å². The summed E-state index contributed by atoms with van der Waals surface area (Å²) in [5.74, 6) is -5.78. The number of hydroxylamine groups is 2. The normalized spacial score (nSPS) is 13.6. The minimum absolute atomic E-state index is 0.0847. The van der Waals surface area contributed by atoms with Crippen LogP contribution in [-0.4, -0.2) is 129 Å². The number of carbonyl (C=O) groups is 8. The lowest BCUT2D eigenvalue weighted by molar-refractivity contribution is -0.171. The summed E-state index contributed by atoms with van der Waals surface area (Å²) in [7, 11) is 0. The number of benzene rings is 2. The summed E-state index contributed by atoms with van der Waals surface area (Å²) in [6, 6.07) is 10.4. The first-order valence-electron chi connectivity index (χ1n) is 26.3. The van der Waals surface area contributed by atoms with Crippen molar-refractivity contribution in [3.8, 4) is 17.1 Å². The van der Waals surface area contributed by atoms with Crippen molar-refractivity contribution < 1.29 is 71.3 Å². The number of amides is 4. The summed E-state index contributed by atoms with van der Waals surface area (Å²) in [6.45, 7) is 14.6. The van der Waals surface area contributed by atoms with Gasteiger partial charge in [-0.3, -0.25) is 28.9 Å². The third-order valence-electron chi connectivity index (χ3n) is 12.4. The summed E-state index contributed by atoms with van der Waals surface area (Å²) in [5, 5.41) is 8.84.